The third kappa shape index (κ3) is 7.69. The first kappa shape index (κ1) is 33.4. The summed E-state index contributed by atoms with van der Waals surface area (Å²) in [6.07, 6.45) is 0. The molecular formula is C30H56N8O2+2. The van der Waals surface area contributed by atoms with Crippen LogP contribution in [0.5, 0.6) is 0 Å². The van der Waals surface area contributed by atoms with Crippen LogP contribution in [0.3, 0.4) is 0 Å². The summed E-state index contributed by atoms with van der Waals surface area (Å²) >= 11 is 0. The van der Waals surface area contributed by atoms with Gasteiger partial charge in [0.05, 0.1) is 24.2 Å². The zero-order valence-corrected chi connectivity index (χ0v) is 28.0. The molecule has 0 saturated heterocycles. The van der Waals surface area contributed by atoms with E-state index >= 15 is 0 Å². The van der Waals surface area contributed by atoms with Gasteiger partial charge in [-0.3, -0.25) is 0 Å². The summed E-state index contributed by atoms with van der Waals surface area (Å²) in [6.45, 7) is 34.3. The lowest BCUT2D eigenvalue weighted by molar-refractivity contribution is 0.301. The van der Waals surface area contributed by atoms with Crippen LogP contribution in [-0.4, -0.2) is 68.3 Å². The van der Waals surface area contributed by atoms with Crippen molar-refractivity contribution in [1.82, 2.24) is 29.1 Å². The molecule has 0 amide bonds. The average molecular weight is 561 g/mol. The number of hydrogen-bond donors (Lipinski definition) is 0. The van der Waals surface area contributed by atoms with Gasteiger partial charge in [0.2, 0.25) is 0 Å². The standard InChI is InChI=1S/C30H56N8O2/c1-17(2)35(18(3)4)27-31-25(39-29(33-27)37(21(9)10)22(11)12)26-32-28(36(19(5)6)20(7)8)34-30(40-26)38(23(13)14)24(15)16/h17-24H,1-16H3/q+2. The number of nitrogens with zero attached hydrogens (tertiary/aromatic N) is 8. The second-order valence-electron chi connectivity index (χ2n) is 12.8. The molecule has 0 radical (unpaired) electrons. The van der Waals surface area contributed by atoms with E-state index in [2.05, 4.69) is 130 Å². The van der Waals surface area contributed by atoms with E-state index in [4.69, 9.17) is 28.8 Å². The average Bonchev–Trinajstić information content (AvgIpc) is 2.76. The van der Waals surface area contributed by atoms with Crippen LogP contribution in [0.1, 0.15) is 111 Å². The molecule has 0 fully saturated rings. The van der Waals surface area contributed by atoms with Crippen LogP contribution in [-0.2, 0) is 0 Å². The first-order chi connectivity index (χ1) is 18.5. The normalized spacial score (nSPS) is 12.3. The Morgan fingerprint density at radius 2 is 0.675 bits per heavy atom. The Labute approximate surface area is 241 Å². The van der Waals surface area contributed by atoms with Crippen molar-refractivity contribution >= 4 is 11.9 Å². The van der Waals surface area contributed by atoms with Gasteiger partial charge >= 0.3 is 23.3 Å². The maximum atomic E-state index is 6.47. The molecule has 0 aliphatic rings. The maximum absolute atomic E-state index is 6.47. The molecular weight excluding hydrogens is 504 g/mol. The monoisotopic (exact) mass is 560 g/mol. The Balaban J connectivity index is 3.18. The Kier molecular flexibility index (Phi) is 11.5. The fourth-order valence-corrected chi connectivity index (χ4v) is 5.49. The molecule has 2 aromatic rings. The summed E-state index contributed by atoms with van der Waals surface area (Å²) < 4.78 is 17.2. The molecule has 0 unspecified atom stereocenters. The minimum atomic E-state index is 0.161. The van der Waals surface area contributed by atoms with E-state index in [1.807, 2.05) is 0 Å². The molecule has 2 rings (SSSR count). The van der Waals surface area contributed by atoms with E-state index in [1.54, 1.807) is 0 Å². The largest absolute Gasteiger partial charge is 0.504 e. The molecule has 0 bridgehead atoms. The lowest BCUT2D eigenvalue weighted by Gasteiger charge is -2.28. The van der Waals surface area contributed by atoms with Gasteiger partial charge < -0.3 is 18.6 Å². The van der Waals surface area contributed by atoms with Crippen LogP contribution in [0.2, 0.25) is 0 Å². The molecule has 40 heavy (non-hydrogen) atoms. The summed E-state index contributed by atoms with van der Waals surface area (Å²) in [5.41, 5.74) is 0.977. The van der Waals surface area contributed by atoms with Crippen LogP contribution in [0.15, 0.2) is 8.83 Å². The van der Waals surface area contributed by atoms with Crippen molar-refractivity contribution in [2.24, 2.45) is 0 Å². The first-order valence-corrected chi connectivity index (χ1v) is 15.1. The van der Waals surface area contributed by atoms with E-state index in [1.165, 1.54) is 0 Å². The SMILES string of the molecule is CC(C)N(c1nc(-c2nc(N(C(C)C)C(C)C)nc(=[N+](C(C)C)C(C)C)o2)oc(=[N+](C(C)C)C(C)C)n1)C(C)C. The lowest BCUT2D eigenvalue weighted by Crippen LogP contribution is -2.45. The molecule has 0 aliphatic carbocycles. The van der Waals surface area contributed by atoms with Crippen molar-refractivity contribution < 1.29 is 8.83 Å². The summed E-state index contributed by atoms with van der Waals surface area (Å²) in [6, 6.07) is 1.36. The van der Waals surface area contributed by atoms with Crippen molar-refractivity contribution in [2.75, 3.05) is 9.80 Å². The molecule has 10 nitrogen and oxygen atoms in total. The molecule has 0 saturated carbocycles. The van der Waals surface area contributed by atoms with E-state index < -0.39 is 0 Å². The number of anilines is 2. The minimum Gasteiger partial charge on any atom is -0.364 e. The second-order valence-corrected chi connectivity index (χ2v) is 12.8. The van der Waals surface area contributed by atoms with Gasteiger partial charge in [-0.15, -0.1) is 9.97 Å². The number of aromatic nitrogens is 4. The molecule has 2 aromatic heterocycles. The summed E-state index contributed by atoms with van der Waals surface area (Å²) in [4.78, 5) is 24.1. The van der Waals surface area contributed by atoms with Crippen LogP contribution >= 0.6 is 0 Å². The van der Waals surface area contributed by atoms with E-state index in [0.717, 1.165) is 0 Å². The zero-order chi connectivity index (χ0) is 30.6. The molecule has 0 atom stereocenters. The van der Waals surface area contributed by atoms with Crippen LogP contribution in [0.4, 0.5) is 11.9 Å². The summed E-state index contributed by atoms with van der Waals surface area (Å²) in [5.74, 6) is 1.72. The van der Waals surface area contributed by atoms with E-state index in [0.29, 0.717) is 23.3 Å². The highest BCUT2D eigenvalue weighted by atomic mass is 16.4. The van der Waals surface area contributed by atoms with Gasteiger partial charge in [0.25, 0.3) is 11.8 Å². The van der Waals surface area contributed by atoms with E-state index in [-0.39, 0.29) is 60.1 Å². The van der Waals surface area contributed by atoms with Crippen molar-refractivity contribution in [3.8, 4) is 11.8 Å². The molecule has 10 heteroatoms. The maximum Gasteiger partial charge on any atom is 0.504 e. The quantitative estimate of drug-likeness (QED) is 0.370. The number of hydrogen-bond acceptors (Lipinski definition) is 8. The van der Waals surface area contributed by atoms with Crippen LogP contribution < -0.4 is 30.3 Å². The highest BCUT2D eigenvalue weighted by Crippen LogP contribution is 2.21. The molecule has 0 N–H and O–H groups in total. The van der Waals surface area contributed by atoms with Crippen LogP contribution in [0.25, 0.3) is 11.8 Å². The Morgan fingerprint density at radius 1 is 0.425 bits per heavy atom. The molecule has 226 valence electrons. The van der Waals surface area contributed by atoms with Gasteiger partial charge in [-0.2, -0.15) is 0 Å². The molecule has 0 spiro atoms. The topological polar surface area (TPSA) is 90.3 Å². The van der Waals surface area contributed by atoms with Gasteiger partial charge in [0.15, 0.2) is 0 Å². The smallest absolute Gasteiger partial charge is 0.364 e. The fraction of sp³-hybridized carbons (Fsp3) is 0.800. The second kappa shape index (κ2) is 13.7. The summed E-state index contributed by atoms with van der Waals surface area (Å²) in [7, 11) is 0. The van der Waals surface area contributed by atoms with Gasteiger partial charge in [-0.1, -0.05) is 0 Å². The Hall–Kier alpha value is -2.78. The highest BCUT2D eigenvalue weighted by molar-refractivity contribution is 5.45. The third-order valence-electron chi connectivity index (χ3n) is 6.71. The lowest BCUT2D eigenvalue weighted by atomic mass is 10.2. The fourth-order valence-electron chi connectivity index (χ4n) is 5.49. The molecule has 0 aliphatic heterocycles. The minimum absolute atomic E-state index is 0.161. The first-order valence-electron chi connectivity index (χ1n) is 15.1. The van der Waals surface area contributed by atoms with Gasteiger partial charge in [0, 0.05) is 34.1 Å². The Morgan fingerprint density at radius 3 is 0.875 bits per heavy atom. The van der Waals surface area contributed by atoms with Gasteiger partial charge in [0.1, 0.15) is 0 Å². The molecule has 0 aromatic carbocycles. The van der Waals surface area contributed by atoms with Crippen LogP contribution in [0, 0.1) is 0 Å². The molecule has 2 heterocycles. The van der Waals surface area contributed by atoms with Crippen molar-refractivity contribution in [3.05, 3.63) is 11.4 Å². The van der Waals surface area contributed by atoms with Gasteiger partial charge in [-0.05, 0) is 111 Å². The van der Waals surface area contributed by atoms with Crippen molar-refractivity contribution in [3.63, 3.8) is 0 Å². The predicted molar refractivity (Wildman–Crippen MR) is 164 cm³/mol. The third-order valence-corrected chi connectivity index (χ3v) is 6.71. The predicted octanol–water partition coefficient (Wildman–Crippen LogP) is 4.54. The highest BCUT2D eigenvalue weighted by Gasteiger charge is 2.31. The Bertz CT molecular complexity index is 1120. The van der Waals surface area contributed by atoms with Crippen molar-refractivity contribution in [2.45, 2.75) is 159 Å². The van der Waals surface area contributed by atoms with E-state index in [9.17, 15) is 0 Å². The van der Waals surface area contributed by atoms with Crippen molar-refractivity contribution in [1.29, 1.82) is 0 Å². The summed E-state index contributed by atoms with van der Waals surface area (Å²) in [5, 5.41) is 0. The van der Waals surface area contributed by atoms with Gasteiger partial charge in [-0.25, -0.2) is 9.15 Å². The zero-order valence-electron chi connectivity index (χ0n) is 28.0. The number of rotatable bonds is 11.